The molecule has 1 fully saturated rings. The minimum absolute atomic E-state index is 0. The summed E-state index contributed by atoms with van der Waals surface area (Å²) in [6, 6.07) is 0.148. The Hall–Kier alpha value is 0.180. The zero-order chi connectivity index (χ0) is 5.28. The average Bonchev–Trinajstić information content (AvgIpc) is 1.87. The van der Waals surface area contributed by atoms with E-state index in [1.54, 1.807) is 0 Å². The van der Waals surface area contributed by atoms with Gasteiger partial charge in [0.15, 0.2) is 0 Å². The van der Waals surface area contributed by atoms with E-state index in [9.17, 15) is 4.39 Å². The summed E-state index contributed by atoms with van der Waals surface area (Å²) in [6.07, 6.45) is 1.54. The number of hydrogen-bond acceptors (Lipinski definition) is 1. The molecule has 2 atom stereocenters. The van der Waals surface area contributed by atoms with Gasteiger partial charge in [-0.3, -0.25) is 0 Å². The van der Waals surface area contributed by atoms with Gasteiger partial charge in [0, 0.05) is 6.04 Å². The smallest absolute Gasteiger partial charge is 0.102 e. The fourth-order valence-corrected chi connectivity index (χ4v) is 0.959. The predicted molar refractivity (Wildman–Crippen MR) is 34.0 cm³/mol. The first kappa shape index (κ1) is 8.18. The third kappa shape index (κ3) is 1.97. The Balaban J connectivity index is 0.000000490. The minimum Gasteiger partial charge on any atom is -0.328 e. The molecule has 0 aliphatic heterocycles. The van der Waals surface area contributed by atoms with E-state index in [1.807, 2.05) is 0 Å². The zero-order valence-corrected chi connectivity index (χ0v) is 5.46. The molecule has 8 heavy (non-hydrogen) atoms. The van der Waals surface area contributed by atoms with E-state index in [4.69, 9.17) is 5.73 Å². The van der Waals surface area contributed by atoms with E-state index in [2.05, 4.69) is 0 Å². The standard InChI is InChI=1S/C5H10FN.ClH/c6-4-1-2-5(7)3-4;/h4-5H,1-3,7H2;1H. The van der Waals surface area contributed by atoms with Gasteiger partial charge in [0.2, 0.25) is 0 Å². The van der Waals surface area contributed by atoms with E-state index in [0.29, 0.717) is 12.8 Å². The summed E-state index contributed by atoms with van der Waals surface area (Å²) in [5, 5.41) is 0. The largest absolute Gasteiger partial charge is 0.328 e. The van der Waals surface area contributed by atoms with Crippen LogP contribution in [0.4, 0.5) is 4.39 Å². The monoisotopic (exact) mass is 139 g/mol. The van der Waals surface area contributed by atoms with Gasteiger partial charge in [-0.1, -0.05) is 0 Å². The first-order valence-electron chi connectivity index (χ1n) is 2.68. The summed E-state index contributed by atoms with van der Waals surface area (Å²) < 4.78 is 12.1. The first-order valence-corrected chi connectivity index (χ1v) is 2.68. The molecule has 1 aliphatic rings. The van der Waals surface area contributed by atoms with Crippen LogP contribution in [0.1, 0.15) is 19.3 Å². The molecular formula is C5H11ClFN. The molecule has 0 aromatic rings. The SMILES string of the molecule is Cl.NC1CCC(F)C1. The van der Waals surface area contributed by atoms with Crippen LogP contribution in [-0.2, 0) is 0 Å². The molecule has 50 valence electrons. The summed E-state index contributed by atoms with van der Waals surface area (Å²) in [4.78, 5) is 0. The number of nitrogens with two attached hydrogens (primary N) is 1. The predicted octanol–water partition coefficient (Wildman–Crippen LogP) is 1.26. The van der Waals surface area contributed by atoms with Crippen LogP contribution >= 0.6 is 12.4 Å². The van der Waals surface area contributed by atoms with Crippen LogP contribution in [0.3, 0.4) is 0 Å². The van der Waals surface area contributed by atoms with E-state index >= 15 is 0 Å². The quantitative estimate of drug-likeness (QED) is 0.537. The van der Waals surface area contributed by atoms with Crippen LogP contribution in [0.2, 0.25) is 0 Å². The van der Waals surface area contributed by atoms with Crippen LogP contribution in [0.25, 0.3) is 0 Å². The Morgan fingerprint density at radius 3 is 2.12 bits per heavy atom. The average molecular weight is 140 g/mol. The zero-order valence-electron chi connectivity index (χ0n) is 4.64. The molecule has 0 aromatic heterocycles. The van der Waals surface area contributed by atoms with Crippen LogP contribution in [0.5, 0.6) is 0 Å². The molecule has 2 N–H and O–H groups in total. The lowest BCUT2D eigenvalue weighted by Crippen LogP contribution is -2.14. The second kappa shape index (κ2) is 3.25. The Labute approximate surface area is 54.9 Å². The van der Waals surface area contributed by atoms with Crippen LogP contribution < -0.4 is 5.73 Å². The second-order valence-corrected chi connectivity index (χ2v) is 2.17. The highest BCUT2D eigenvalue weighted by molar-refractivity contribution is 5.85. The molecule has 1 saturated carbocycles. The molecule has 0 radical (unpaired) electrons. The molecular weight excluding hydrogens is 129 g/mol. The van der Waals surface area contributed by atoms with Crippen molar-refractivity contribution in [2.24, 2.45) is 5.73 Å². The van der Waals surface area contributed by atoms with E-state index in [0.717, 1.165) is 6.42 Å². The highest BCUT2D eigenvalue weighted by Gasteiger charge is 2.19. The third-order valence-electron chi connectivity index (χ3n) is 1.41. The highest BCUT2D eigenvalue weighted by atomic mass is 35.5. The van der Waals surface area contributed by atoms with Gasteiger partial charge >= 0.3 is 0 Å². The number of rotatable bonds is 0. The van der Waals surface area contributed by atoms with Gasteiger partial charge in [0.25, 0.3) is 0 Å². The van der Waals surface area contributed by atoms with Gasteiger partial charge in [-0.25, -0.2) is 4.39 Å². The molecule has 1 aliphatic carbocycles. The third-order valence-corrected chi connectivity index (χ3v) is 1.41. The summed E-state index contributed by atoms with van der Waals surface area (Å²) in [6.45, 7) is 0. The maximum atomic E-state index is 12.1. The summed E-state index contributed by atoms with van der Waals surface area (Å²) in [5.41, 5.74) is 5.39. The minimum atomic E-state index is -0.602. The van der Waals surface area contributed by atoms with Gasteiger partial charge in [-0.2, -0.15) is 0 Å². The maximum absolute atomic E-state index is 12.1. The number of alkyl halides is 1. The van der Waals surface area contributed by atoms with Crippen LogP contribution in [0.15, 0.2) is 0 Å². The number of hydrogen-bond donors (Lipinski definition) is 1. The van der Waals surface area contributed by atoms with Gasteiger partial charge in [0.05, 0.1) is 0 Å². The van der Waals surface area contributed by atoms with Crippen molar-refractivity contribution in [1.29, 1.82) is 0 Å². The van der Waals surface area contributed by atoms with Crippen molar-refractivity contribution in [1.82, 2.24) is 0 Å². The summed E-state index contributed by atoms with van der Waals surface area (Å²) in [5.74, 6) is 0. The van der Waals surface area contributed by atoms with Crippen molar-refractivity contribution in [3.05, 3.63) is 0 Å². The molecule has 2 unspecified atom stereocenters. The molecule has 0 heterocycles. The van der Waals surface area contributed by atoms with Crippen molar-refractivity contribution in [3.63, 3.8) is 0 Å². The lowest BCUT2D eigenvalue weighted by Gasteiger charge is -1.94. The van der Waals surface area contributed by atoms with Crippen LogP contribution in [0, 0.1) is 0 Å². The molecule has 0 amide bonds. The first-order chi connectivity index (χ1) is 3.29. The molecule has 1 nitrogen and oxygen atoms in total. The van der Waals surface area contributed by atoms with Crippen molar-refractivity contribution < 1.29 is 4.39 Å². The normalized spacial score (nSPS) is 36.8. The molecule has 0 spiro atoms. The second-order valence-electron chi connectivity index (χ2n) is 2.17. The van der Waals surface area contributed by atoms with E-state index in [1.165, 1.54) is 0 Å². The van der Waals surface area contributed by atoms with Gasteiger partial charge in [-0.05, 0) is 19.3 Å². The van der Waals surface area contributed by atoms with Gasteiger partial charge in [-0.15, -0.1) is 12.4 Å². The van der Waals surface area contributed by atoms with Crippen molar-refractivity contribution >= 4 is 12.4 Å². The van der Waals surface area contributed by atoms with E-state index < -0.39 is 6.17 Å². The molecule has 3 heteroatoms. The molecule has 0 aromatic carbocycles. The summed E-state index contributed by atoms with van der Waals surface area (Å²) in [7, 11) is 0. The van der Waals surface area contributed by atoms with Gasteiger partial charge < -0.3 is 5.73 Å². The molecule has 0 saturated heterocycles. The van der Waals surface area contributed by atoms with Crippen molar-refractivity contribution in [3.8, 4) is 0 Å². The maximum Gasteiger partial charge on any atom is 0.102 e. The Morgan fingerprint density at radius 2 is 2.00 bits per heavy atom. The van der Waals surface area contributed by atoms with E-state index in [-0.39, 0.29) is 18.4 Å². The summed E-state index contributed by atoms with van der Waals surface area (Å²) >= 11 is 0. The fraction of sp³-hybridized carbons (Fsp3) is 1.00. The van der Waals surface area contributed by atoms with Crippen molar-refractivity contribution in [2.45, 2.75) is 31.5 Å². The molecule has 0 bridgehead atoms. The van der Waals surface area contributed by atoms with Crippen LogP contribution in [-0.4, -0.2) is 12.2 Å². The fourth-order valence-electron chi connectivity index (χ4n) is 0.959. The molecule has 1 rings (SSSR count). The van der Waals surface area contributed by atoms with Gasteiger partial charge in [0.1, 0.15) is 6.17 Å². The topological polar surface area (TPSA) is 26.0 Å². The van der Waals surface area contributed by atoms with Crippen molar-refractivity contribution in [2.75, 3.05) is 0 Å². The lowest BCUT2D eigenvalue weighted by molar-refractivity contribution is 0.339. The number of halogens is 2. The Kier molecular flexibility index (Phi) is 3.33. The Morgan fingerprint density at radius 1 is 1.38 bits per heavy atom. The highest BCUT2D eigenvalue weighted by Crippen LogP contribution is 2.19. The Bertz CT molecular complexity index is 61.4. The lowest BCUT2D eigenvalue weighted by atomic mass is 10.3.